The van der Waals surface area contributed by atoms with Crippen LogP contribution in [0.15, 0.2) is 23.6 Å². The summed E-state index contributed by atoms with van der Waals surface area (Å²) < 4.78 is 5.65. The fourth-order valence-electron chi connectivity index (χ4n) is 1.77. The second-order valence-electron chi connectivity index (χ2n) is 4.44. The normalized spacial score (nSPS) is 14.7. The van der Waals surface area contributed by atoms with Gasteiger partial charge in [0, 0.05) is 23.3 Å². The highest BCUT2D eigenvalue weighted by Gasteiger charge is 2.27. The molecule has 2 N–H and O–H groups in total. The maximum absolute atomic E-state index is 5.76. The Bertz CT molecular complexity index is 523. The summed E-state index contributed by atoms with van der Waals surface area (Å²) in [6, 6.07) is 5.85. The summed E-state index contributed by atoms with van der Waals surface area (Å²) in [7, 11) is 0. The number of hydrogen-bond acceptors (Lipinski definition) is 5. The first-order chi connectivity index (χ1) is 8.81. The number of aromatic nitrogens is 2. The summed E-state index contributed by atoms with van der Waals surface area (Å²) in [6.45, 7) is 0.626. The lowest BCUT2D eigenvalue weighted by Gasteiger charge is -2.06. The van der Waals surface area contributed by atoms with Gasteiger partial charge in [-0.3, -0.25) is 0 Å². The summed E-state index contributed by atoms with van der Waals surface area (Å²) in [6.07, 6.45) is 3.23. The van der Waals surface area contributed by atoms with Crippen LogP contribution in [-0.4, -0.2) is 16.6 Å². The van der Waals surface area contributed by atoms with Crippen LogP contribution in [0.3, 0.4) is 0 Å². The molecule has 0 aliphatic heterocycles. The van der Waals surface area contributed by atoms with Crippen LogP contribution in [0.5, 0.6) is 5.88 Å². The van der Waals surface area contributed by atoms with Crippen molar-refractivity contribution in [1.29, 1.82) is 0 Å². The molecule has 1 saturated carbocycles. The second-order valence-corrected chi connectivity index (χ2v) is 5.47. The minimum absolute atomic E-state index is 0.494. The smallest absolute Gasteiger partial charge is 0.218 e. The zero-order chi connectivity index (χ0) is 12.4. The Morgan fingerprint density at radius 3 is 3.00 bits per heavy atom. The molecule has 0 atom stereocenters. The number of ether oxygens (including phenoxy) is 1. The van der Waals surface area contributed by atoms with Gasteiger partial charge < -0.3 is 10.5 Å². The second kappa shape index (κ2) is 4.94. The molecule has 5 heteroatoms. The van der Waals surface area contributed by atoms with Crippen molar-refractivity contribution >= 4 is 17.2 Å². The van der Waals surface area contributed by atoms with Crippen LogP contribution in [0.2, 0.25) is 0 Å². The number of anilines is 1. The highest BCUT2D eigenvalue weighted by Crippen LogP contribution is 2.38. The van der Waals surface area contributed by atoms with Crippen molar-refractivity contribution in [1.82, 2.24) is 9.97 Å². The molecule has 1 aliphatic rings. The van der Waals surface area contributed by atoms with Crippen LogP contribution in [0.4, 0.5) is 5.82 Å². The quantitative estimate of drug-likeness (QED) is 0.898. The van der Waals surface area contributed by atoms with Crippen molar-refractivity contribution in [2.24, 2.45) is 0 Å². The summed E-state index contributed by atoms with van der Waals surface area (Å²) >= 11 is 1.74. The van der Waals surface area contributed by atoms with Crippen LogP contribution < -0.4 is 10.5 Å². The first-order valence-corrected chi connectivity index (χ1v) is 6.99. The third kappa shape index (κ3) is 2.79. The summed E-state index contributed by atoms with van der Waals surface area (Å²) in [5.74, 6) is 2.42. The van der Waals surface area contributed by atoms with Gasteiger partial charge in [0.1, 0.15) is 11.6 Å². The number of thiophene rings is 1. The molecular weight excluding hydrogens is 246 g/mol. The fourth-order valence-corrected chi connectivity index (χ4v) is 2.46. The van der Waals surface area contributed by atoms with Crippen LogP contribution in [0.25, 0.3) is 0 Å². The van der Waals surface area contributed by atoms with Crippen LogP contribution in [0, 0.1) is 0 Å². The zero-order valence-corrected chi connectivity index (χ0v) is 10.8. The molecule has 2 heterocycles. The van der Waals surface area contributed by atoms with Gasteiger partial charge in [-0.2, -0.15) is 4.98 Å². The highest BCUT2D eigenvalue weighted by atomic mass is 32.1. The topological polar surface area (TPSA) is 61.0 Å². The van der Waals surface area contributed by atoms with Crippen molar-refractivity contribution in [2.75, 3.05) is 12.3 Å². The molecule has 0 saturated heterocycles. The van der Waals surface area contributed by atoms with Crippen molar-refractivity contribution < 1.29 is 4.74 Å². The average molecular weight is 261 g/mol. The van der Waals surface area contributed by atoms with E-state index in [0.29, 0.717) is 24.2 Å². The zero-order valence-electron chi connectivity index (χ0n) is 10.0. The van der Waals surface area contributed by atoms with Crippen molar-refractivity contribution in [2.45, 2.75) is 25.2 Å². The fraction of sp³-hybridized carbons (Fsp3) is 0.385. The predicted octanol–water partition coefficient (Wildman–Crippen LogP) is 2.62. The van der Waals surface area contributed by atoms with Gasteiger partial charge in [0.25, 0.3) is 0 Å². The molecule has 1 fully saturated rings. The Kier molecular flexibility index (Phi) is 3.15. The van der Waals surface area contributed by atoms with E-state index in [1.54, 1.807) is 17.4 Å². The Balaban J connectivity index is 1.61. The molecule has 18 heavy (non-hydrogen) atoms. The molecule has 0 amide bonds. The van der Waals surface area contributed by atoms with Crippen LogP contribution in [-0.2, 0) is 6.42 Å². The molecule has 3 rings (SSSR count). The van der Waals surface area contributed by atoms with Gasteiger partial charge in [-0.15, -0.1) is 11.3 Å². The molecule has 0 bridgehead atoms. The Hall–Kier alpha value is -1.62. The molecule has 2 aromatic heterocycles. The standard InChI is InChI=1S/C13H15N3OS/c14-11-8-12(16-13(15-11)9-3-4-9)17-6-5-10-2-1-7-18-10/h1-2,7-9H,3-6H2,(H2,14,15,16). The van der Waals surface area contributed by atoms with E-state index in [1.807, 2.05) is 6.07 Å². The third-order valence-electron chi connectivity index (χ3n) is 2.86. The maximum Gasteiger partial charge on any atom is 0.218 e. The van der Waals surface area contributed by atoms with Gasteiger partial charge in [0.05, 0.1) is 6.61 Å². The summed E-state index contributed by atoms with van der Waals surface area (Å²) in [5.41, 5.74) is 5.76. The van der Waals surface area contributed by atoms with E-state index in [0.717, 1.165) is 25.1 Å². The number of nitrogen functional groups attached to an aromatic ring is 1. The van der Waals surface area contributed by atoms with Gasteiger partial charge in [0.15, 0.2) is 0 Å². The van der Waals surface area contributed by atoms with Crippen molar-refractivity contribution in [3.05, 3.63) is 34.3 Å². The third-order valence-corrected chi connectivity index (χ3v) is 3.80. The molecular formula is C13H15N3OS. The lowest BCUT2D eigenvalue weighted by atomic mass is 10.3. The average Bonchev–Trinajstić information content (AvgIpc) is 3.08. The van der Waals surface area contributed by atoms with E-state index in [4.69, 9.17) is 10.5 Å². The molecule has 0 aromatic carbocycles. The van der Waals surface area contributed by atoms with Gasteiger partial charge in [-0.25, -0.2) is 4.98 Å². The van der Waals surface area contributed by atoms with Gasteiger partial charge >= 0.3 is 0 Å². The van der Waals surface area contributed by atoms with E-state index < -0.39 is 0 Å². The molecule has 0 spiro atoms. The lowest BCUT2D eigenvalue weighted by Crippen LogP contribution is -2.05. The first kappa shape index (κ1) is 11.5. The molecule has 2 aromatic rings. The van der Waals surface area contributed by atoms with Crippen LogP contribution in [0.1, 0.15) is 29.5 Å². The van der Waals surface area contributed by atoms with Gasteiger partial charge in [-0.1, -0.05) is 6.07 Å². The Morgan fingerprint density at radius 1 is 1.39 bits per heavy atom. The minimum atomic E-state index is 0.494. The van der Waals surface area contributed by atoms with Crippen molar-refractivity contribution in [3.8, 4) is 5.88 Å². The first-order valence-electron chi connectivity index (χ1n) is 6.11. The van der Waals surface area contributed by atoms with E-state index in [1.165, 1.54) is 4.88 Å². The number of nitrogens with zero attached hydrogens (tertiary/aromatic N) is 2. The SMILES string of the molecule is Nc1cc(OCCc2cccs2)nc(C2CC2)n1. The Labute approximate surface area is 110 Å². The monoisotopic (exact) mass is 261 g/mol. The highest BCUT2D eigenvalue weighted by molar-refractivity contribution is 7.09. The number of hydrogen-bond donors (Lipinski definition) is 1. The summed E-state index contributed by atoms with van der Waals surface area (Å²) in [4.78, 5) is 9.97. The Morgan fingerprint density at radius 2 is 2.28 bits per heavy atom. The van der Waals surface area contributed by atoms with E-state index in [9.17, 15) is 0 Å². The van der Waals surface area contributed by atoms with E-state index in [2.05, 4.69) is 21.4 Å². The number of rotatable bonds is 5. The van der Waals surface area contributed by atoms with E-state index >= 15 is 0 Å². The van der Waals surface area contributed by atoms with E-state index in [-0.39, 0.29) is 0 Å². The van der Waals surface area contributed by atoms with Crippen molar-refractivity contribution in [3.63, 3.8) is 0 Å². The van der Waals surface area contributed by atoms with Crippen LogP contribution >= 0.6 is 11.3 Å². The molecule has 94 valence electrons. The maximum atomic E-state index is 5.76. The summed E-state index contributed by atoms with van der Waals surface area (Å²) in [5, 5.41) is 2.07. The molecule has 1 aliphatic carbocycles. The predicted molar refractivity (Wildman–Crippen MR) is 71.9 cm³/mol. The molecule has 4 nitrogen and oxygen atoms in total. The van der Waals surface area contributed by atoms with Gasteiger partial charge in [-0.05, 0) is 24.3 Å². The lowest BCUT2D eigenvalue weighted by molar-refractivity contribution is 0.309. The largest absolute Gasteiger partial charge is 0.477 e. The molecule has 0 unspecified atom stereocenters. The minimum Gasteiger partial charge on any atom is -0.477 e. The van der Waals surface area contributed by atoms with Gasteiger partial charge in [0.2, 0.25) is 5.88 Å². The number of nitrogens with two attached hydrogens (primary N) is 1. The molecule has 0 radical (unpaired) electrons.